The number of halogens is 3. The summed E-state index contributed by atoms with van der Waals surface area (Å²) < 4.78 is 41.5. The van der Waals surface area contributed by atoms with Crippen molar-refractivity contribution in [3.63, 3.8) is 0 Å². The highest BCUT2D eigenvalue weighted by Gasteiger charge is 2.30. The van der Waals surface area contributed by atoms with E-state index in [2.05, 4.69) is 25.3 Å². The van der Waals surface area contributed by atoms with Crippen molar-refractivity contribution >= 4 is 23.0 Å². The Balaban J connectivity index is 1.47. The summed E-state index contributed by atoms with van der Waals surface area (Å²) in [6.45, 7) is 0.623. The van der Waals surface area contributed by atoms with E-state index in [1.807, 2.05) is 18.2 Å². The van der Waals surface area contributed by atoms with E-state index in [-0.39, 0.29) is 18.0 Å². The zero-order chi connectivity index (χ0) is 30.8. The summed E-state index contributed by atoms with van der Waals surface area (Å²) in [5, 5.41) is 24.1. The molecule has 12 heteroatoms. The maximum absolute atomic E-state index is 13.3. The van der Waals surface area contributed by atoms with E-state index in [1.54, 1.807) is 28.8 Å². The Bertz CT molecular complexity index is 1790. The molecule has 5 aromatic rings. The second kappa shape index (κ2) is 12.0. The Kier molecular flexibility index (Phi) is 8.00. The van der Waals surface area contributed by atoms with Crippen LogP contribution in [-0.2, 0) is 12.7 Å². The molecule has 3 heterocycles. The van der Waals surface area contributed by atoms with Gasteiger partial charge in [-0.2, -0.15) is 13.2 Å². The quantitative estimate of drug-likeness (QED) is 0.169. The lowest BCUT2D eigenvalue weighted by Crippen LogP contribution is -2.17. The lowest BCUT2D eigenvalue weighted by Gasteiger charge is -2.25. The average Bonchev–Trinajstić information content (AvgIpc) is 3.36. The molecule has 0 radical (unpaired) electrons. The van der Waals surface area contributed by atoms with E-state index in [0.29, 0.717) is 46.2 Å². The van der Waals surface area contributed by atoms with Gasteiger partial charge in [-0.3, -0.25) is 4.98 Å². The molecule has 3 aromatic heterocycles. The molecular formula is C32H29F3N6O3. The lowest BCUT2D eigenvalue weighted by atomic mass is 9.83. The minimum absolute atomic E-state index is 0.0736. The molecular weight excluding hydrogens is 573 g/mol. The standard InChI is InChI=1S/C32H29F3N6O3/c33-32(34,35)23-11-9-20(10-12-23)18-41-25-27(37-15-13-19-5-4-6-19)38-29(31(43)44)39-28(25)40-30(41)24-17-22(14-16-36-24)26(42)21-7-2-1-3-8-21/h1-3,7-12,14,16-17,19,26,42H,4-6,13,15,18H2,(H,43,44)(H,37,38,39). The van der Waals surface area contributed by atoms with Crippen molar-refractivity contribution in [3.8, 4) is 11.5 Å². The Hall–Kier alpha value is -4.84. The predicted octanol–water partition coefficient (Wildman–Crippen LogP) is 6.34. The number of nitrogens with one attached hydrogen (secondary N) is 1. The number of aromatic carboxylic acids is 1. The third-order valence-corrected chi connectivity index (χ3v) is 7.93. The number of imidazole rings is 1. The van der Waals surface area contributed by atoms with Crippen LogP contribution in [0.3, 0.4) is 0 Å². The predicted molar refractivity (Wildman–Crippen MR) is 157 cm³/mol. The molecule has 0 spiro atoms. The number of anilines is 1. The minimum Gasteiger partial charge on any atom is -0.475 e. The highest BCUT2D eigenvalue weighted by Crippen LogP contribution is 2.33. The topological polar surface area (TPSA) is 126 Å². The first kappa shape index (κ1) is 29.2. The number of pyridine rings is 1. The molecule has 0 amide bonds. The van der Waals surface area contributed by atoms with Gasteiger partial charge < -0.3 is 20.1 Å². The van der Waals surface area contributed by atoms with E-state index < -0.39 is 29.6 Å². The average molecular weight is 603 g/mol. The summed E-state index contributed by atoms with van der Waals surface area (Å²) in [7, 11) is 0. The molecule has 6 rings (SSSR count). The molecule has 1 unspecified atom stereocenters. The van der Waals surface area contributed by atoms with E-state index in [0.717, 1.165) is 31.4 Å². The Morgan fingerprint density at radius 1 is 1.00 bits per heavy atom. The molecule has 0 bridgehead atoms. The molecule has 44 heavy (non-hydrogen) atoms. The van der Waals surface area contributed by atoms with E-state index in [4.69, 9.17) is 0 Å². The minimum atomic E-state index is -4.48. The van der Waals surface area contributed by atoms with E-state index in [1.165, 1.54) is 24.8 Å². The molecule has 1 aliphatic carbocycles. The molecule has 0 aliphatic heterocycles. The number of alkyl halides is 3. The molecule has 3 N–H and O–H groups in total. The van der Waals surface area contributed by atoms with Crippen molar-refractivity contribution in [2.24, 2.45) is 5.92 Å². The van der Waals surface area contributed by atoms with Gasteiger partial charge in [0.25, 0.3) is 0 Å². The zero-order valence-corrected chi connectivity index (χ0v) is 23.5. The summed E-state index contributed by atoms with van der Waals surface area (Å²) >= 11 is 0. The van der Waals surface area contributed by atoms with Gasteiger partial charge in [0.1, 0.15) is 17.3 Å². The van der Waals surface area contributed by atoms with Gasteiger partial charge in [-0.15, -0.1) is 0 Å². The van der Waals surface area contributed by atoms with Crippen molar-refractivity contribution in [1.29, 1.82) is 0 Å². The number of aromatic nitrogens is 5. The highest BCUT2D eigenvalue weighted by atomic mass is 19.4. The Labute approximate surface area is 250 Å². The maximum atomic E-state index is 13.3. The third kappa shape index (κ3) is 6.11. The van der Waals surface area contributed by atoms with Crippen molar-refractivity contribution in [1.82, 2.24) is 24.5 Å². The fourth-order valence-corrected chi connectivity index (χ4v) is 5.33. The van der Waals surface area contributed by atoms with Gasteiger partial charge in [0.05, 0.1) is 5.56 Å². The van der Waals surface area contributed by atoms with Gasteiger partial charge in [-0.25, -0.2) is 19.7 Å². The molecule has 226 valence electrons. The largest absolute Gasteiger partial charge is 0.475 e. The number of fused-ring (bicyclic) bond motifs is 1. The van der Waals surface area contributed by atoms with Crippen LogP contribution < -0.4 is 5.32 Å². The smallest absolute Gasteiger partial charge is 0.416 e. The zero-order valence-electron chi connectivity index (χ0n) is 23.5. The van der Waals surface area contributed by atoms with Crippen LogP contribution in [0.15, 0.2) is 72.9 Å². The van der Waals surface area contributed by atoms with Gasteiger partial charge in [0.2, 0.25) is 5.82 Å². The van der Waals surface area contributed by atoms with Crippen LogP contribution in [0.25, 0.3) is 22.7 Å². The van der Waals surface area contributed by atoms with Crippen molar-refractivity contribution < 1.29 is 28.2 Å². The summed E-state index contributed by atoms with van der Waals surface area (Å²) in [5.41, 5.74) is 1.86. The normalized spacial score (nSPS) is 14.4. The summed E-state index contributed by atoms with van der Waals surface area (Å²) in [6, 6.07) is 17.3. The lowest BCUT2D eigenvalue weighted by molar-refractivity contribution is -0.137. The summed E-state index contributed by atoms with van der Waals surface area (Å²) in [5.74, 6) is -0.609. The number of aliphatic hydroxyl groups excluding tert-OH is 1. The second-order valence-electron chi connectivity index (χ2n) is 10.9. The number of nitrogens with zero attached hydrogens (tertiary/aromatic N) is 5. The monoisotopic (exact) mass is 602 g/mol. The van der Waals surface area contributed by atoms with Gasteiger partial charge in [0.15, 0.2) is 17.3 Å². The van der Waals surface area contributed by atoms with Crippen LogP contribution in [0, 0.1) is 5.92 Å². The third-order valence-electron chi connectivity index (χ3n) is 7.93. The number of hydrogen-bond acceptors (Lipinski definition) is 7. The van der Waals surface area contributed by atoms with Gasteiger partial charge >= 0.3 is 12.1 Å². The Morgan fingerprint density at radius 2 is 1.75 bits per heavy atom. The first-order valence-corrected chi connectivity index (χ1v) is 14.3. The molecule has 0 saturated heterocycles. The van der Waals surface area contributed by atoms with Gasteiger partial charge in [0, 0.05) is 19.3 Å². The number of carboxylic acids is 1. The van der Waals surface area contributed by atoms with Crippen molar-refractivity contribution in [2.45, 2.75) is 44.5 Å². The number of rotatable bonds is 10. The molecule has 1 atom stereocenters. The number of carboxylic acid groups (broad SMARTS) is 1. The number of benzene rings is 2. The van der Waals surface area contributed by atoms with Crippen molar-refractivity contribution in [3.05, 3.63) is 101 Å². The first-order chi connectivity index (χ1) is 21.2. The van der Waals surface area contributed by atoms with Crippen LogP contribution in [0.5, 0.6) is 0 Å². The van der Waals surface area contributed by atoms with Gasteiger partial charge in [-0.05, 0) is 53.3 Å². The van der Waals surface area contributed by atoms with Crippen LogP contribution in [-0.4, -0.2) is 47.2 Å². The van der Waals surface area contributed by atoms with Crippen LogP contribution in [0.1, 0.15) is 64.7 Å². The van der Waals surface area contributed by atoms with Crippen LogP contribution >= 0.6 is 0 Å². The first-order valence-electron chi connectivity index (χ1n) is 14.3. The second-order valence-corrected chi connectivity index (χ2v) is 10.9. The SMILES string of the molecule is O=C(O)c1nc(NCCC2CCC2)c2c(n1)nc(-c1cc(C(O)c3ccccc3)ccn1)n2Cc1ccc(C(F)(F)F)cc1. The highest BCUT2D eigenvalue weighted by molar-refractivity contribution is 5.92. The van der Waals surface area contributed by atoms with Crippen LogP contribution in [0.2, 0.25) is 0 Å². The Morgan fingerprint density at radius 3 is 2.41 bits per heavy atom. The molecule has 1 saturated carbocycles. The molecule has 1 aliphatic rings. The maximum Gasteiger partial charge on any atom is 0.416 e. The van der Waals surface area contributed by atoms with Crippen molar-refractivity contribution in [2.75, 3.05) is 11.9 Å². The summed E-state index contributed by atoms with van der Waals surface area (Å²) in [6.07, 6.45) is 0.475. The number of hydrogen-bond donors (Lipinski definition) is 3. The van der Waals surface area contributed by atoms with Gasteiger partial charge in [-0.1, -0.05) is 61.7 Å². The molecule has 2 aromatic carbocycles. The van der Waals surface area contributed by atoms with E-state index >= 15 is 0 Å². The number of aliphatic hydroxyl groups is 1. The van der Waals surface area contributed by atoms with E-state index in [9.17, 15) is 28.2 Å². The van der Waals surface area contributed by atoms with Crippen LogP contribution in [0.4, 0.5) is 19.0 Å². The fourth-order valence-electron chi connectivity index (χ4n) is 5.33. The number of carbonyl (C=O) groups is 1. The molecule has 1 fully saturated rings. The fraction of sp³-hybridized carbons (Fsp3) is 0.281. The molecule has 9 nitrogen and oxygen atoms in total. The summed E-state index contributed by atoms with van der Waals surface area (Å²) in [4.78, 5) is 29.6.